The Hall–Kier alpha value is -1.23. The third kappa shape index (κ3) is 4.42. The van der Waals surface area contributed by atoms with Crippen LogP contribution in [0, 0.1) is 5.82 Å². The fourth-order valence-electron chi connectivity index (χ4n) is 1.23. The molecule has 10 heteroatoms. The summed E-state index contributed by atoms with van der Waals surface area (Å²) in [4.78, 5) is -0.422. The largest absolute Gasteiger partial charge is 0.398 e. The van der Waals surface area contributed by atoms with Crippen LogP contribution in [-0.4, -0.2) is 36.2 Å². The maximum Gasteiger partial charge on any atom is 0.242 e. The lowest BCUT2D eigenvalue weighted by atomic mass is 10.3. The first-order valence-corrected chi connectivity index (χ1v) is 8.27. The third-order valence-corrected chi connectivity index (χ3v) is 5.12. The van der Waals surface area contributed by atoms with E-state index in [-0.39, 0.29) is 12.2 Å². The molecule has 0 spiro atoms. The fourth-order valence-corrected chi connectivity index (χ4v) is 3.11. The van der Waals surface area contributed by atoms with Crippen LogP contribution in [0.25, 0.3) is 0 Å². The second-order valence-corrected chi connectivity index (χ2v) is 7.38. The smallest absolute Gasteiger partial charge is 0.242 e. The molecule has 0 unspecified atom stereocenters. The van der Waals surface area contributed by atoms with Crippen LogP contribution < -0.4 is 15.2 Å². The molecule has 1 aromatic carbocycles. The molecule has 0 fully saturated rings. The van der Waals surface area contributed by atoms with E-state index >= 15 is 0 Å². The number of hydrogen-bond donors (Lipinski definition) is 3. The van der Waals surface area contributed by atoms with Gasteiger partial charge in [-0.15, -0.1) is 0 Å². The fraction of sp³-hybridized carbons (Fsp3) is 0.333. The monoisotopic (exact) mass is 311 g/mol. The van der Waals surface area contributed by atoms with Gasteiger partial charge in [-0.2, -0.15) is 0 Å². The molecule has 0 aliphatic heterocycles. The van der Waals surface area contributed by atoms with Crippen molar-refractivity contribution in [2.24, 2.45) is 0 Å². The molecule has 4 N–H and O–H groups in total. The van der Waals surface area contributed by atoms with E-state index < -0.39 is 36.5 Å². The zero-order valence-corrected chi connectivity index (χ0v) is 11.7. The van der Waals surface area contributed by atoms with Crippen molar-refractivity contribution >= 4 is 25.7 Å². The molecule has 0 heterocycles. The Balaban J connectivity index is 2.85. The average Bonchev–Trinajstić information content (AvgIpc) is 2.31. The van der Waals surface area contributed by atoms with Crippen LogP contribution in [0.3, 0.4) is 0 Å². The Morgan fingerprint density at radius 2 is 1.89 bits per heavy atom. The molecule has 0 amide bonds. The van der Waals surface area contributed by atoms with Gasteiger partial charge in [0, 0.05) is 6.54 Å². The van der Waals surface area contributed by atoms with Gasteiger partial charge in [0.25, 0.3) is 0 Å². The predicted molar refractivity (Wildman–Crippen MR) is 68.8 cm³/mol. The minimum atomic E-state index is -4.05. The number of nitrogens with two attached hydrogens (primary N) is 1. The molecule has 0 bridgehead atoms. The highest BCUT2D eigenvalue weighted by molar-refractivity contribution is 7.90. The van der Waals surface area contributed by atoms with Gasteiger partial charge >= 0.3 is 0 Å². The molecule has 0 saturated heterocycles. The van der Waals surface area contributed by atoms with E-state index in [9.17, 15) is 21.2 Å². The molecular formula is C9H14FN3O4S2. The van der Waals surface area contributed by atoms with Gasteiger partial charge in [-0.05, 0) is 25.2 Å². The van der Waals surface area contributed by atoms with E-state index in [1.165, 1.54) is 7.05 Å². The van der Waals surface area contributed by atoms with Gasteiger partial charge < -0.3 is 5.73 Å². The maximum atomic E-state index is 13.0. The first-order chi connectivity index (χ1) is 8.68. The molecule has 1 rings (SSSR count). The highest BCUT2D eigenvalue weighted by atomic mass is 32.2. The Bertz CT molecular complexity index is 658. The minimum Gasteiger partial charge on any atom is -0.398 e. The van der Waals surface area contributed by atoms with E-state index in [0.717, 1.165) is 18.2 Å². The lowest BCUT2D eigenvalue weighted by Crippen LogP contribution is -2.33. The van der Waals surface area contributed by atoms with Crippen LogP contribution in [0.4, 0.5) is 10.1 Å². The Morgan fingerprint density at radius 1 is 1.26 bits per heavy atom. The van der Waals surface area contributed by atoms with Crippen molar-refractivity contribution in [3.05, 3.63) is 24.0 Å². The van der Waals surface area contributed by atoms with Crippen molar-refractivity contribution < 1.29 is 21.2 Å². The van der Waals surface area contributed by atoms with E-state index in [4.69, 9.17) is 5.73 Å². The van der Waals surface area contributed by atoms with E-state index in [1.54, 1.807) is 0 Å². The standard InChI is InChI=1S/C9H14FN3O4S2/c1-12-18(14,15)5-4-13-19(16,17)9-6-7(10)2-3-8(9)11/h2-3,6,12-13H,4-5,11H2,1H3. The van der Waals surface area contributed by atoms with E-state index in [0.29, 0.717) is 0 Å². The summed E-state index contributed by atoms with van der Waals surface area (Å²) in [5, 5.41) is 0. The number of sulfonamides is 2. The van der Waals surface area contributed by atoms with Crippen LogP contribution in [-0.2, 0) is 20.0 Å². The van der Waals surface area contributed by atoms with Crippen molar-refractivity contribution in [1.29, 1.82) is 0 Å². The SMILES string of the molecule is CNS(=O)(=O)CCNS(=O)(=O)c1cc(F)ccc1N. The van der Waals surface area contributed by atoms with Gasteiger partial charge in [-0.1, -0.05) is 0 Å². The summed E-state index contributed by atoms with van der Waals surface area (Å²) < 4.78 is 62.9. The number of hydrogen-bond acceptors (Lipinski definition) is 5. The normalized spacial score (nSPS) is 12.5. The van der Waals surface area contributed by atoms with Crippen LogP contribution in [0.5, 0.6) is 0 Å². The summed E-state index contributed by atoms with van der Waals surface area (Å²) in [6.45, 7) is -0.346. The van der Waals surface area contributed by atoms with Gasteiger partial charge in [0.1, 0.15) is 10.7 Å². The zero-order chi connectivity index (χ0) is 14.7. The molecule has 7 nitrogen and oxygen atoms in total. The first kappa shape index (κ1) is 15.8. The number of nitrogens with one attached hydrogen (secondary N) is 2. The molecule has 0 aliphatic rings. The third-order valence-electron chi connectivity index (χ3n) is 2.24. The minimum absolute atomic E-state index is 0.120. The summed E-state index contributed by atoms with van der Waals surface area (Å²) in [6, 6.07) is 2.91. The van der Waals surface area contributed by atoms with Crippen molar-refractivity contribution in [3.8, 4) is 0 Å². The van der Waals surface area contributed by atoms with Gasteiger partial charge in [-0.25, -0.2) is 30.7 Å². The number of rotatable bonds is 6. The van der Waals surface area contributed by atoms with Crippen molar-refractivity contribution in [2.45, 2.75) is 4.90 Å². The highest BCUT2D eigenvalue weighted by Gasteiger charge is 2.19. The topological polar surface area (TPSA) is 118 Å². The molecule has 0 aromatic heterocycles. The lowest BCUT2D eigenvalue weighted by Gasteiger charge is -2.09. The molecule has 108 valence electrons. The quantitative estimate of drug-likeness (QED) is 0.597. The molecule has 0 radical (unpaired) electrons. The average molecular weight is 311 g/mol. The summed E-state index contributed by atoms with van der Waals surface area (Å²) in [5.74, 6) is -1.18. The predicted octanol–water partition coefficient (Wildman–Crippen LogP) is -0.765. The number of benzene rings is 1. The van der Waals surface area contributed by atoms with Crippen LogP contribution in [0.2, 0.25) is 0 Å². The molecule has 19 heavy (non-hydrogen) atoms. The van der Waals surface area contributed by atoms with Crippen LogP contribution in [0.1, 0.15) is 0 Å². The summed E-state index contributed by atoms with van der Waals surface area (Å²) in [5.41, 5.74) is 5.32. The number of anilines is 1. The van der Waals surface area contributed by atoms with Gasteiger partial charge in [0.05, 0.1) is 11.4 Å². The molecule has 0 saturated carbocycles. The van der Waals surface area contributed by atoms with Crippen LogP contribution in [0.15, 0.2) is 23.1 Å². The van der Waals surface area contributed by atoms with E-state index in [1.807, 2.05) is 9.44 Å². The Kier molecular flexibility index (Phi) is 4.85. The van der Waals surface area contributed by atoms with Gasteiger partial charge in [0.15, 0.2) is 0 Å². The van der Waals surface area contributed by atoms with Gasteiger partial charge in [0.2, 0.25) is 20.0 Å². The summed E-state index contributed by atoms with van der Waals surface area (Å²) >= 11 is 0. The number of halogens is 1. The summed E-state index contributed by atoms with van der Waals surface area (Å²) in [6.07, 6.45) is 0. The van der Waals surface area contributed by atoms with E-state index in [2.05, 4.69) is 0 Å². The second kappa shape index (κ2) is 5.82. The molecule has 1 aromatic rings. The molecule has 0 atom stereocenters. The molecule has 0 aliphatic carbocycles. The molecular weight excluding hydrogens is 297 g/mol. The summed E-state index contributed by atoms with van der Waals surface area (Å²) in [7, 11) is -6.36. The number of nitrogen functional groups attached to an aromatic ring is 1. The van der Waals surface area contributed by atoms with Crippen molar-refractivity contribution in [3.63, 3.8) is 0 Å². The van der Waals surface area contributed by atoms with Crippen LogP contribution >= 0.6 is 0 Å². The zero-order valence-electron chi connectivity index (χ0n) is 10.1. The van der Waals surface area contributed by atoms with Gasteiger partial charge in [-0.3, -0.25) is 0 Å². The maximum absolute atomic E-state index is 13.0. The van der Waals surface area contributed by atoms with Crippen molar-refractivity contribution in [2.75, 3.05) is 25.1 Å². The highest BCUT2D eigenvalue weighted by Crippen LogP contribution is 2.18. The van der Waals surface area contributed by atoms with Crippen molar-refractivity contribution in [1.82, 2.24) is 9.44 Å². The Morgan fingerprint density at radius 3 is 2.47 bits per heavy atom. The first-order valence-electron chi connectivity index (χ1n) is 5.14. The Labute approximate surface area is 111 Å². The second-order valence-electron chi connectivity index (χ2n) is 3.60. The lowest BCUT2D eigenvalue weighted by molar-refractivity contribution is 0.576.